The van der Waals surface area contributed by atoms with Crippen LogP contribution in [0.4, 0.5) is 5.69 Å². The van der Waals surface area contributed by atoms with Crippen molar-refractivity contribution in [1.82, 2.24) is 0 Å². The van der Waals surface area contributed by atoms with Crippen molar-refractivity contribution in [3.05, 3.63) is 29.3 Å². The number of carbonyl (C=O) groups excluding carboxylic acids is 1. The van der Waals surface area contributed by atoms with E-state index in [1.807, 2.05) is 25.1 Å². The zero-order valence-electron chi connectivity index (χ0n) is 12.3. The van der Waals surface area contributed by atoms with Gasteiger partial charge in [0.2, 0.25) is 5.91 Å². The molecule has 0 aromatic heterocycles. The molecule has 2 rings (SSSR count). The molecule has 0 heterocycles. The van der Waals surface area contributed by atoms with Crippen LogP contribution >= 0.6 is 0 Å². The smallest absolute Gasteiger partial charge is 0.224 e. The first-order valence-electron chi connectivity index (χ1n) is 7.24. The maximum absolute atomic E-state index is 12.1. The summed E-state index contributed by atoms with van der Waals surface area (Å²) in [5, 5.41) is 3.01. The van der Waals surface area contributed by atoms with Gasteiger partial charge in [0.25, 0.3) is 0 Å². The molecule has 1 N–H and O–H groups in total. The number of carbonyl (C=O) groups is 1. The van der Waals surface area contributed by atoms with Crippen molar-refractivity contribution in [3.8, 4) is 0 Å². The number of rotatable bonds is 5. The molecular weight excluding hydrogens is 270 g/mol. The Kier molecular flexibility index (Phi) is 5.35. The van der Waals surface area contributed by atoms with Crippen molar-refractivity contribution in [2.24, 2.45) is 5.92 Å². The van der Waals surface area contributed by atoms with Crippen molar-refractivity contribution in [1.29, 1.82) is 0 Å². The Morgan fingerprint density at radius 3 is 2.70 bits per heavy atom. The molecule has 1 atom stereocenters. The molecule has 1 aromatic carbocycles. The highest BCUT2D eigenvalue weighted by molar-refractivity contribution is 7.83. The van der Waals surface area contributed by atoms with Gasteiger partial charge in [-0.1, -0.05) is 25.0 Å². The summed E-state index contributed by atoms with van der Waals surface area (Å²) in [5.74, 6) is 1.20. The molecule has 0 radical (unpaired) electrons. The third-order valence-corrected chi connectivity index (χ3v) is 4.75. The van der Waals surface area contributed by atoms with Crippen LogP contribution in [0.5, 0.6) is 0 Å². The average Bonchev–Trinajstić information content (AvgIpc) is 2.86. The Morgan fingerprint density at radius 1 is 1.35 bits per heavy atom. The van der Waals surface area contributed by atoms with Gasteiger partial charge in [-0.15, -0.1) is 0 Å². The van der Waals surface area contributed by atoms with Crippen LogP contribution in [0.25, 0.3) is 0 Å². The first kappa shape index (κ1) is 15.2. The molecule has 1 aliphatic carbocycles. The summed E-state index contributed by atoms with van der Waals surface area (Å²) in [7, 11) is -0.864. The minimum Gasteiger partial charge on any atom is -0.326 e. The summed E-state index contributed by atoms with van der Waals surface area (Å²) in [4.78, 5) is 12.1. The summed E-state index contributed by atoms with van der Waals surface area (Å²) in [5.41, 5.74) is 2.93. The van der Waals surface area contributed by atoms with Gasteiger partial charge in [0.1, 0.15) is 0 Å². The fourth-order valence-corrected chi connectivity index (χ4v) is 3.62. The molecule has 1 saturated carbocycles. The molecule has 0 saturated heterocycles. The maximum atomic E-state index is 12.1. The van der Waals surface area contributed by atoms with Crippen molar-refractivity contribution >= 4 is 22.4 Å². The zero-order valence-corrected chi connectivity index (χ0v) is 13.1. The lowest BCUT2D eigenvalue weighted by atomic mass is 10.0. The summed E-state index contributed by atoms with van der Waals surface area (Å²) < 4.78 is 11.4. The van der Waals surface area contributed by atoms with Gasteiger partial charge in [-0.05, 0) is 42.9 Å². The van der Waals surface area contributed by atoms with Crippen LogP contribution in [0.15, 0.2) is 18.2 Å². The van der Waals surface area contributed by atoms with E-state index in [4.69, 9.17) is 0 Å². The number of amides is 1. The molecule has 110 valence electrons. The SMILES string of the molecule is Cc1c(C[S@@](C)=O)cccc1NC(=O)CC1CCCC1. The normalized spacial score (nSPS) is 17.1. The van der Waals surface area contributed by atoms with Gasteiger partial charge >= 0.3 is 0 Å². The Balaban J connectivity index is 2.01. The van der Waals surface area contributed by atoms with Crippen LogP contribution in [-0.4, -0.2) is 16.4 Å². The predicted octanol–water partition coefficient (Wildman–Crippen LogP) is 3.39. The van der Waals surface area contributed by atoms with E-state index in [1.165, 1.54) is 25.7 Å². The van der Waals surface area contributed by atoms with E-state index < -0.39 is 10.8 Å². The lowest BCUT2D eigenvalue weighted by Gasteiger charge is -2.13. The lowest BCUT2D eigenvalue weighted by Crippen LogP contribution is -2.16. The van der Waals surface area contributed by atoms with E-state index in [0.717, 1.165) is 16.8 Å². The first-order chi connectivity index (χ1) is 9.56. The third-order valence-electron chi connectivity index (χ3n) is 4.03. The molecule has 4 heteroatoms. The molecule has 1 amide bonds. The van der Waals surface area contributed by atoms with Crippen LogP contribution in [-0.2, 0) is 21.3 Å². The highest BCUT2D eigenvalue weighted by Gasteiger charge is 2.19. The number of nitrogens with one attached hydrogen (secondary N) is 1. The molecule has 0 bridgehead atoms. The molecule has 1 aliphatic rings. The zero-order chi connectivity index (χ0) is 14.5. The summed E-state index contributed by atoms with van der Waals surface area (Å²) >= 11 is 0. The molecule has 1 aromatic rings. The summed E-state index contributed by atoms with van der Waals surface area (Å²) in [6.07, 6.45) is 7.21. The molecule has 3 nitrogen and oxygen atoms in total. The van der Waals surface area contributed by atoms with Crippen LogP contribution in [0.3, 0.4) is 0 Å². The topological polar surface area (TPSA) is 46.2 Å². The Morgan fingerprint density at radius 2 is 2.05 bits per heavy atom. The van der Waals surface area contributed by atoms with E-state index in [-0.39, 0.29) is 5.91 Å². The van der Waals surface area contributed by atoms with Crippen molar-refractivity contribution in [2.75, 3.05) is 11.6 Å². The van der Waals surface area contributed by atoms with Crippen molar-refractivity contribution < 1.29 is 9.00 Å². The quantitative estimate of drug-likeness (QED) is 0.904. The van der Waals surface area contributed by atoms with E-state index >= 15 is 0 Å². The lowest BCUT2D eigenvalue weighted by molar-refractivity contribution is -0.117. The first-order valence-corrected chi connectivity index (χ1v) is 8.97. The van der Waals surface area contributed by atoms with Gasteiger partial charge in [0, 0.05) is 34.9 Å². The van der Waals surface area contributed by atoms with E-state index in [2.05, 4.69) is 5.32 Å². The standard InChI is InChI=1S/C16H23NO2S/c1-12-14(11-20(2)19)8-5-9-15(12)17-16(18)10-13-6-3-4-7-13/h5,8-9,13H,3-4,6-7,10-11H2,1-2H3,(H,17,18)/t20-/m1/s1. The fourth-order valence-electron chi connectivity index (χ4n) is 2.87. The molecule has 0 spiro atoms. The van der Waals surface area contributed by atoms with Gasteiger partial charge < -0.3 is 5.32 Å². The third kappa shape index (κ3) is 4.17. The number of anilines is 1. The molecule has 0 unspecified atom stereocenters. The van der Waals surface area contributed by atoms with E-state index in [1.54, 1.807) is 6.26 Å². The van der Waals surface area contributed by atoms with Crippen molar-refractivity contribution in [2.45, 2.75) is 44.8 Å². The molecular formula is C16H23NO2S. The van der Waals surface area contributed by atoms with Crippen LogP contribution in [0.2, 0.25) is 0 Å². The fraction of sp³-hybridized carbons (Fsp3) is 0.562. The maximum Gasteiger partial charge on any atom is 0.224 e. The Hall–Kier alpha value is -1.16. The van der Waals surface area contributed by atoms with Crippen molar-refractivity contribution in [3.63, 3.8) is 0 Å². The molecule has 0 aliphatic heterocycles. The van der Waals surface area contributed by atoms with Gasteiger partial charge in [0.15, 0.2) is 0 Å². The summed E-state index contributed by atoms with van der Waals surface area (Å²) in [6.45, 7) is 1.98. The molecule has 20 heavy (non-hydrogen) atoms. The molecule has 1 fully saturated rings. The van der Waals surface area contributed by atoms with E-state index in [9.17, 15) is 9.00 Å². The number of benzene rings is 1. The number of hydrogen-bond acceptors (Lipinski definition) is 2. The average molecular weight is 293 g/mol. The van der Waals surface area contributed by atoms with Crippen LogP contribution in [0.1, 0.15) is 43.2 Å². The van der Waals surface area contributed by atoms with E-state index in [0.29, 0.717) is 18.1 Å². The second-order valence-corrected chi connectivity index (χ2v) is 7.15. The van der Waals surface area contributed by atoms with Gasteiger partial charge in [-0.3, -0.25) is 9.00 Å². The van der Waals surface area contributed by atoms with Crippen LogP contribution in [0, 0.1) is 12.8 Å². The highest BCUT2D eigenvalue weighted by Crippen LogP contribution is 2.28. The second-order valence-electron chi connectivity index (χ2n) is 5.71. The van der Waals surface area contributed by atoms with Crippen LogP contribution < -0.4 is 5.32 Å². The predicted molar refractivity (Wildman–Crippen MR) is 84.2 cm³/mol. The Bertz CT molecular complexity index is 507. The second kappa shape index (κ2) is 7.02. The van der Waals surface area contributed by atoms with Gasteiger partial charge in [-0.25, -0.2) is 0 Å². The Labute approximate surface area is 123 Å². The van der Waals surface area contributed by atoms with Gasteiger partial charge in [-0.2, -0.15) is 0 Å². The summed E-state index contributed by atoms with van der Waals surface area (Å²) in [6, 6.07) is 5.81. The highest BCUT2D eigenvalue weighted by atomic mass is 32.2. The number of hydrogen-bond donors (Lipinski definition) is 1. The van der Waals surface area contributed by atoms with Gasteiger partial charge in [0.05, 0.1) is 0 Å². The minimum atomic E-state index is -0.864. The monoisotopic (exact) mass is 293 g/mol. The minimum absolute atomic E-state index is 0.106. The largest absolute Gasteiger partial charge is 0.326 e.